The van der Waals surface area contributed by atoms with Crippen molar-refractivity contribution in [3.05, 3.63) is 90.2 Å². The van der Waals surface area contributed by atoms with Gasteiger partial charge in [0.25, 0.3) is 11.8 Å². The maximum absolute atomic E-state index is 13.4. The van der Waals surface area contributed by atoms with Crippen molar-refractivity contribution < 1.29 is 28.2 Å². The Morgan fingerprint density at radius 2 is 1.65 bits per heavy atom. The van der Waals surface area contributed by atoms with Gasteiger partial charge in [0.1, 0.15) is 23.4 Å². The predicted molar refractivity (Wildman–Crippen MR) is 123 cm³/mol. The summed E-state index contributed by atoms with van der Waals surface area (Å²) < 4.78 is 24.1. The van der Waals surface area contributed by atoms with E-state index in [1.807, 2.05) is 6.07 Å². The van der Waals surface area contributed by atoms with Crippen molar-refractivity contribution in [1.82, 2.24) is 4.90 Å². The molecular formula is C26H23FN2O5. The summed E-state index contributed by atoms with van der Waals surface area (Å²) in [4.78, 5) is 41.7. The molecule has 174 valence electrons. The molecule has 34 heavy (non-hydrogen) atoms. The molecule has 0 radical (unpaired) electrons. The lowest BCUT2D eigenvalue weighted by Crippen LogP contribution is -2.46. The molecule has 1 fully saturated rings. The molecule has 7 nitrogen and oxygen atoms in total. The highest BCUT2D eigenvalue weighted by Crippen LogP contribution is 2.28. The predicted octanol–water partition coefficient (Wildman–Crippen LogP) is 3.57. The van der Waals surface area contributed by atoms with Crippen LogP contribution in [0.15, 0.2) is 78.9 Å². The minimum Gasteiger partial charge on any atom is -0.497 e. The van der Waals surface area contributed by atoms with E-state index < -0.39 is 29.6 Å². The molecule has 1 heterocycles. The third-order valence-corrected chi connectivity index (χ3v) is 5.52. The summed E-state index contributed by atoms with van der Waals surface area (Å²) in [7, 11) is 1.52. The molecule has 3 amide bonds. The van der Waals surface area contributed by atoms with Crippen molar-refractivity contribution in [3.63, 3.8) is 0 Å². The van der Waals surface area contributed by atoms with Crippen LogP contribution < -0.4 is 14.4 Å². The van der Waals surface area contributed by atoms with Crippen LogP contribution in [-0.4, -0.2) is 42.4 Å². The van der Waals surface area contributed by atoms with E-state index in [1.54, 1.807) is 48.5 Å². The van der Waals surface area contributed by atoms with Gasteiger partial charge in [-0.15, -0.1) is 0 Å². The minimum absolute atomic E-state index is 0.0252. The number of anilines is 1. The van der Waals surface area contributed by atoms with Gasteiger partial charge in [0, 0.05) is 6.54 Å². The van der Waals surface area contributed by atoms with Gasteiger partial charge < -0.3 is 14.4 Å². The Morgan fingerprint density at radius 1 is 0.971 bits per heavy atom. The van der Waals surface area contributed by atoms with E-state index in [-0.39, 0.29) is 19.6 Å². The number of ether oxygens (including phenoxy) is 2. The summed E-state index contributed by atoms with van der Waals surface area (Å²) in [5, 5.41) is 0. The fourth-order valence-corrected chi connectivity index (χ4v) is 3.77. The summed E-state index contributed by atoms with van der Waals surface area (Å²) in [5.74, 6) is -0.703. The minimum atomic E-state index is -1.01. The Morgan fingerprint density at radius 3 is 2.29 bits per heavy atom. The van der Waals surface area contributed by atoms with Crippen LogP contribution in [0, 0.1) is 5.82 Å². The van der Waals surface area contributed by atoms with Crippen LogP contribution in [0.2, 0.25) is 0 Å². The molecular weight excluding hydrogens is 439 g/mol. The molecule has 0 spiro atoms. The second-order valence-electron chi connectivity index (χ2n) is 7.74. The number of para-hydroxylation sites is 1. The van der Waals surface area contributed by atoms with E-state index >= 15 is 0 Å². The number of amides is 3. The summed E-state index contributed by atoms with van der Waals surface area (Å²) in [5.41, 5.74) is 1.02. The first-order valence-electron chi connectivity index (χ1n) is 10.7. The smallest absolute Gasteiger partial charge is 0.261 e. The van der Waals surface area contributed by atoms with E-state index in [9.17, 15) is 18.8 Å². The van der Waals surface area contributed by atoms with Crippen LogP contribution in [0.4, 0.5) is 10.1 Å². The lowest BCUT2D eigenvalue weighted by molar-refractivity contribution is -0.140. The van der Waals surface area contributed by atoms with Gasteiger partial charge in [0.05, 0.1) is 19.2 Å². The Labute approximate surface area is 196 Å². The molecule has 1 saturated heterocycles. The molecule has 3 aromatic rings. The third kappa shape index (κ3) is 5.06. The molecule has 0 bridgehead atoms. The van der Waals surface area contributed by atoms with Crippen LogP contribution in [0.3, 0.4) is 0 Å². The third-order valence-electron chi connectivity index (χ3n) is 5.52. The molecule has 0 aliphatic carbocycles. The lowest BCUT2D eigenvalue weighted by Gasteiger charge is -2.28. The molecule has 1 unspecified atom stereocenters. The van der Waals surface area contributed by atoms with E-state index in [1.165, 1.54) is 36.3 Å². The topological polar surface area (TPSA) is 76.2 Å². The van der Waals surface area contributed by atoms with Gasteiger partial charge in [-0.1, -0.05) is 30.3 Å². The van der Waals surface area contributed by atoms with Crippen molar-refractivity contribution >= 4 is 23.4 Å². The fraction of sp³-hybridized carbons (Fsp3) is 0.192. The maximum Gasteiger partial charge on any atom is 0.261 e. The quantitative estimate of drug-likeness (QED) is 0.479. The van der Waals surface area contributed by atoms with Crippen LogP contribution in [0.25, 0.3) is 0 Å². The maximum atomic E-state index is 13.4. The molecule has 1 atom stereocenters. The molecule has 8 heteroatoms. The number of imide groups is 1. The molecule has 0 saturated carbocycles. The van der Waals surface area contributed by atoms with Crippen molar-refractivity contribution in [1.29, 1.82) is 0 Å². The number of carbonyl (C=O) groups excluding carboxylic acids is 3. The number of benzene rings is 3. The van der Waals surface area contributed by atoms with Gasteiger partial charge in [-0.05, 0) is 54.1 Å². The van der Waals surface area contributed by atoms with Crippen molar-refractivity contribution in [3.8, 4) is 11.5 Å². The first-order valence-corrected chi connectivity index (χ1v) is 10.7. The van der Waals surface area contributed by atoms with Crippen molar-refractivity contribution in [2.75, 3.05) is 18.6 Å². The average Bonchev–Trinajstić information content (AvgIpc) is 3.16. The van der Waals surface area contributed by atoms with Gasteiger partial charge in [-0.3, -0.25) is 14.4 Å². The van der Waals surface area contributed by atoms with Crippen molar-refractivity contribution in [2.45, 2.75) is 19.0 Å². The van der Waals surface area contributed by atoms with Gasteiger partial charge in [-0.25, -0.2) is 9.29 Å². The van der Waals surface area contributed by atoms with Crippen LogP contribution >= 0.6 is 0 Å². The van der Waals surface area contributed by atoms with Crippen LogP contribution in [0.1, 0.15) is 12.0 Å². The molecule has 3 aromatic carbocycles. The average molecular weight is 462 g/mol. The Bertz CT molecular complexity index is 1170. The Hall–Kier alpha value is -4.20. The van der Waals surface area contributed by atoms with Crippen LogP contribution in [0.5, 0.6) is 11.5 Å². The van der Waals surface area contributed by atoms with Crippen LogP contribution in [-0.2, 0) is 20.9 Å². The number of rotatable bonds is 8. The first-order chi connectivity index (χ1) is 16.5. The molecule has 1 aliphatic rings. The monoisotopic (exact) mass is 462 g/mol. The highest BCUT2D eigenvalue weighted by Gasteiger charge is 2.44. The Balaban J connectivity index is 1.57. The van der Waals surface area contributed by atoms with Crippen molar-refractivity contribution in [2.24, 2.45) is 0 Å². The molecule has 0 aromatic heterocycles. The molecule has 1 aliphatic heterocycles. The van der Waals surface area contributed by atoms with Gasteiger partial charge >= 0.3 is 0 Å². The highest BCUT2D eigenvalue weighted by molar-refractivity contribution is 6.23. The van der Waals surface area contributed by atoms with E-state index in [2.05, 4.69) is 0 Å². The first kappa shape index (κ1) is 23.0. The van der Waals surface area contributed by atoms with E-state index in [0.29, 0.717) is 22.7 Å². The second kappa shape index (κ2) is 10.2. The normalized spacial score (nSPS) is 15.4. The fourth-order valence-electron chi connectivity index (χ4n) is 3.77. The SMILES string of the molecule is COc1ccc(N2C(=O)CC(N(Cc3ccc(F)cc3)C(=O)COc3ccccc3)C2=O)cc1. The summed E-state index contributed by atoms with van der Waals surface area (Å²) in [6.07, 6.45) is -0.164. The van der Waals surface area contributed by atoms with E-state index in [4.69, 9.17) is 9.47 Å². The molecule has 4 rings (SSSR count). The Kier molecular flexibility index (Phi) is 6.87. The largest absolute Gasteiger partial charge is 0.497 e. The zero-order valence-electron chi connectivity index (χ0n) is 18.5. The number of methoxy groups -OCH3 is 1. The lowest BCUT2D eigenvalue weighted by atomic mass is 10.1. The number of hydrogen-bond donors (Lipinski definition) is 0. The highest BCUT2D eigenvalue weighted by atomic mass is 19.1. The standard InChI is InChI=1S/C26H23FN2O5/c1-33-21-13-11-20(12-14-21)29-24(30)15-23(26(29)32)28(16-18-7-9-19(27)10-8-18)25(31)17-34-22-5-3-2-4-6-22/h2-14,23H,15-17H2,1H3. The number of hydrogen-bond acceptors (Lipinski definition) is 5. The summed E-state index contributed by atoms with van der Waals surface area (Å²) in [6.45, 7) is -0.289. The van der Waals surface area contributed by atoms with Gasteiger partial charge in [-0.2, -0.15) is 0 Å². The number of carbonyl (C=O) groups is 3. The second-order valence-corrected chi connectivity index (χ2v) is 7.74. The summed E-state index contributed by atoms with van der Waals surface area (Å²) in [6, 6.07) is 20.0. The number of halogens is 1. The molecule has 0 N–H and O–H groups in total. The van der Waals surface area contributed by atoms with Gasteiger partial charge in [0.2, 0.25) is 5.91 Å². The zero-order chi connectivity index (χ0) is 24.1. The van der Waals surface area contributed by atoms with E-state index in [0.717, 1.165) is 4.90 Å². The summed E-state index contributed by atoms with van der Waals surface area (Å²) >= 11 is 0. The number of nitrogens with zero attached hydrogens (tertiary/aromatic N) is 2. The zero-order valence-corrected chi connectivity index (χ0v) is 18.5. The van der Waals surface area contributed by atoms with Gasteiger partial charge in [0.15, 0.2) is 6.61 Å².